The number of fused-ring (bicyclic) bond motifs is 1. The quantitative estimate of drug-likeness (QED) is 0.671. The lowest BCUT2D eigenvalue weighted by molar-refractivity contribution is -0.120. The van der Waals surface area contributed by atoms with E-state index in [1.807, 2.05) is 32.0 Å². The molecular formula is C19H18FN3O3. The van der Waals surface area contributed by atoms with Crippen molar-refractivity contribution in [2.75, 3.05) is 6.61 Å². The van der Waals surface area contributed by atoms with Gasteiger partial charge in [-0.05, 0) is 32.0 Å². The van der Waals surface area contributed by atoms with Crippen molar-refractivity contribution < 1.29 is 19.0 Å². The number of para-hydroxylation sites is 2. The third-order valence-corrected chi connectivity index (χ3v) is 3.82. The molecule has 0 radical (unpaired) electrons. The summed E-state index contributed by atoms with van der Waals surface area (Å²) in [5.41, 5.74) is 1.01. The van der Waals surface area contributed by atoms with E-state index in [9.17, 15) is 14.3 Å². The van der Waals surface area contributed by atoms with E-state index < -0.39 is 18.3 Å². The number of nitrogens with zero attached hydrogens (tertiary/aromatic N) is 3. The summed E-state index contributed by atoms with van der Waals surface area (Å²) in [5, 5.41) is 18.6. The van der Waals surface area contributed by atoms with Crippen molar-refractivity contribution in [3.8, 4) is 11.6 Å². The van der Waals surface area contributed by atoms with Gasteiger partial charge in [0.15, 0.2) is 23.9 Å². The molecule has 2 aromatic carbocycles. The van der Waals surface area contributed by atoms with Crippen LogP contribution in [0, 0.1) is 5.82 Å². The summed E-state index contributed by atoms with van der Waals surface area (Å²) in [4.78, 5) is 11.9. The van der Waals surface area contributed by atoms with Crippen molar-refractivity contribution in [3.63, 3.8) is 0 Å². The van der Waals surface area contributed by atoms with Crippen molar-refractivity contribution >= 4 is 22.5 Å². The van der Waals surface area contributed by atoms with Gasteiger partial charge in [-0.2, -0.15) is 0 Å². The molecular weight excluding hydrogens is 337 g/mol. The highest BCUT2D eigenvalue weighted by atomic mass is 19.1. The molecule has 0 saturated carbocycles. The molecule has 3 rings (SSSR count). The summed E-state index contributed by atoms with van der Waals surface area (Å²) in [6, 6.07) is 13.1. The number of azo groups is 1. The fourth-order valence-electron chi connectivity index (χ4n) is 2.69. The Morgan fingerprint density at radius 3 is 2.62 bits per heavy atom. The Morgan fingerprint density at radius 2 is 1.88 bits per heavy atom. The van der Waals surface area contributed by atoms with E-state index in [4.69, 9.17) is 4.74 Å². The summed E-state index contributed by atoms with van der Waals surface area (Å²) in [7, 11) is 0. The number of hydrogen-bond acceptors (Lipinski definition) is 4. The van der Waals surface area contributed by atoms with E-state index in [0.717, 1.165) is 5.52 Å². The van der Waals surface area contributed by atoms with Gasteiger partial charge in [0.25, 0.3) is 0 Å². The van der Waals surface area contributed by atoms with Gasteiger partial charge in [-0.1, -0.05) is 30.3 Å². The number of amides is 1. The first-order chi connectivity index (χ1) is 12.5. The summed E-state index contributed by atoms with van der Waals surface area (Å²) in [5.74, 6) is -1.34. The molecule has 0 aliphatic heterocycles. The fraction of sp³-hybridized carbons (Fsp3) is 0.211. The van der Waals surface area contributed by atoms with Gasteiger partial charge in [-0.3, -0.25) is 4.79 Å². The van der Waals surface area contributed by atoms with Gasteiger partial charge < -0.3 is 14.4 Å². The number of hydrogen-bond donors (Lipinski definition) is 1. The average Bonchev–Trinajstić information content (AvgIpc) is 2.90. The minimum atomic E-state index is -0.686. The number of carbonyl (C=O) groups excluding carboxylic acids is 1. The predicted molar refractivity (Wildman–Crippen MR) is 95.4 cm³/mol. The molecule has 0 spiro atoms. The number of aromatic nitrogens is 1. The first kappa shape index (κ1) is 17.6. The van der Waals surface area contributed by atoms with Gasteiger partial charge in [-0.25, -0.2) is 4.39 Å². The van der Waals surface area contributed by atoms with Crippen LogP contribution in [0.3, 0.4) is 0 Å². The second kappa shape index (κ2) is 7.35. The maximum absolute atomic E-state index is 13.5. The Balaban J connectivity index is 1.81. The van der Waals surface area contributed by atoms with Gasteiger partial charge in [0.05, 0.1) is 5.52 Å². The van der Waals surface area contributed by atoms with Gasteiger partial charge in [0.2, 0.25) is 5.88 Å². The highest BCUT2D eigenvalue weighted by Gasteiger charge is 2.18. The molecule has 0 unspecified atom stereocenters. The van der Waals surface area contributed by atoms with Gasteiger partial charge in [-0.15, -0.1) is 10.2 Å². The van der Waals surface area contributed by atoms with Crippen LogP contribution in [0.25, 0.3) is 10.9 Å². The number of carbonyl (C=O) groups is 1. The highest BCUT2D eigenvalue weighted by molar-refractivity contribution is 5.95. The fourth-order valence-corrected chi connectivity index (χ4v) is 2.69. The van der Waals surface area contributed by atoms with Crippen LogP contribution < -0.4 is 4.74 Å². The number of ether oxygens (including phenoxy) is 1. The van der Waals surface area contributed by atoms with Gasteiger partial charge >= 0.3 is 5.91 Å². The molecule has 0 aliphatic carbocycles. The maximum atomic E-state index is 13.5. The van der Waals surface area contributed by atoms with Crippen LogP contribution in [0.1, 0.15) is 19.9 Å². The second-order valence-corrected chi connectivity index (χ2v) is 5.97. The van der Waals surface area contributed by atoms with E-state index in [-0.39, 0.29) is 23.4 Å². The molecule has 134 valence electrons. The molecule has 0 bridgehead atoms. The largest absolute Gasteiger partial charge is 0.493 e. The zero-order valence-electron chi connectivity index (χ0n) is 14.4. The predicted octanol–water partition coefficient (Wildman–Crippen LogP) is 4.76. The van der Waals surface area contributed by atoms with Gasteiger partial charge in [0, 0.05) is 11.4 Å². The molecule has 1 amide bonds. The maximum Gasteiger partial charge on any atom is 0.302 e. The standard InChI is InChI=1S/C19H18FN3O3/c1-12(2)23-15-9-5-3-7-13(15)18(19(23)25)22-21-17(24)11-26-16-10-6-4-8-14(16)20/h3-10,12,25H,11H2,1-2H3. The summed E-state index contributed by atoms with van der Waals surface area (Å²) >= 11 is 0. The molecule has 6 nitrogen and oxygen atoms in total. The third-order valence-electron chi connectivity index (χ3n) is 3.82. The van der Waals surface area contributed by atoms with E-state index >= 15 is 0 Å². The van der Waals surface area contributed by atoms with E-state index in [0.29, 0.717) is 5.39 Å². The van der Waals surface area contributed by atoms with Crippen molar-refractivity contribution in [1.82, 2.24) is 4.57 Å². The Bertz CT molecular complexity index is 979. The van der Waals surface area contributed by atoms with Crippen LogP contribution in [0.4, 0.5) is 10.1 Å². The van der Waals surface area contributed by atoms with Crippen molar-refractivity contribution in [3.05, 3.63) is 54.3 Å². The molecule has 26 heavy (non-hydrogen) atoms. The highest BCUT2D eigenvalue weighted by Crippen LogP contribution is 2.40. The van der Waals surface area contributed by atoms with Crippen LogP contribution in [-0.4, -0.2) is 22.2 Å². The molecule has 7 heteroatoms. The first-order valence-corrected chi connectivity index (χ1v) is 8.13. The molecule has 3 aromatic rings. The Hall–Kier alpha value is -3.22. The zero-order chi connectivity index (χ0) is 18.7. The minimum absolute atomic E-state index is 0.00365. The molecule has 1 heterocycles. The van der Waals surface area contributed by atoms with Gasteiger partial charge in [0.1, 0.15) is 0 Å². The normalized spacial score (nSPS) is 11.5. The minimum Gasteiger partial charge on any atom is -0.493 e. The Kier molecular flexibility index (Phi) is 4.97. The Morgan fingerprint density at radius 1 is 1.19 bits per heavy atom. The monoisotopic (exact) mass is 355 g/mol. The van der Waals surface area contributed by atoms with Crippen LogP contribution in [-0.2, 0) is 4.79 Å². The van der Waals surface area contributed by atoms with Crippen molar-refractivity contribution in [2.24, 2.45) is 10.2 Å². The molecule has 0 aliphatic rings. The van der Waals surface area contributed by atoms with Crippen LogP contribution >= 0.6 is 0 Å². The lowest BCUT2D eigenvalue weighted by Gasteiger charge is -2.10. The average molecular weight is 355 g/mol. The first-order valence-electron chi connectivity index (χ1n) is 8.13. The van der Waals surface area contributed by atoms with E-state index in [1.165, 1.54) is 18.2 Å². The SMILES string of the molecule is CC(C)n1c(O)c(N=NC(=O)COc2ccccc2F)c2ccccc21. The molecule has 1 aromatic heterocycles. The number of benzene rings is 2. The van der Waals surface area contributed by atoms with Crippen molar-refractivity contribution in [1.29, 1.82) is 0 Å². The third kappa shape index (κ3) is 3.42. The summed E-state index contributed by atoms with van der Waals surface area (Å²) in [6.45, 7) is 3.41. The molecule has 0 saturated heterocycles. The van der Waals surface area contributed by atoms with Crippen molar-refractivity contribution in [2.45, 2.75) is 19.9 Å². The lowest BCUT2D eigenvalue weighted by atomic mass is 10.2. The number of rotatable bonds is 5. The van der Waals surface area contributed by atoms with Crippen LogP contribution in [0.2, 0.25) is 0 Å². The van der Waals surface area contributed by atoms with E-state index in [1.54, 1.807) is 16.7 Å². The zero-order valence-corrected chi connectivity index (χ0v) is 14.4. The molecule has 0 atom stereocenters. The lowest BCUT2D eigenvalue weighted by Crippen LogP contribution is -2.08. The second-order valence-electron chi connectivity index (χ2n) is 5.97. The number of aromatic hydroxyl groups is 1. The topological polar surface area (TPSA) is 76.2 Å². The molecule has 1 N–H and O–H groups in total. The number of halogens is 1. The van der Waals surface area contributed by atoms with Crippen LogP contribution in [0.5, 0.6) is 11.6 Å². The summed E-state index contributed by atoms with van der Waals surface area (Å²) in [6.07, 6.45) is 0. The summed E-state index contributed by atoms with van der Waals surface area (Å²) < 4.78 is 20.3. The van der Waals surface area contributed by atoms with E-state index in [2.05, 4.69) is 10.2 Å². The Labute approximate surface area is 149 Å². The van der Waals surface area contributed by atoms with Crippen LogP contribution in [0.15, 0.2) is 58.8 Å². The molecule has 0 fully saturated rings. The smallest absolute Gasteiger partial charge is 0.302 e.